The van der Waals surface area contributed by atoms with E-state index in [1.807, 2.05) is 0 Å². The number of amides is 3. The minimum atomic E-state index is -0.976. The molecular formula is C16H17N9O6. The van der Waals surface area contributed by atoms with Crippen LogP contribution in [0, 0.1) is 10.1 Å². The molecule has 0 radical (unpaired) electrons. The van der Waals surface area contributed by atoms with E-state index in [0.29, 0.717) is 5.69 Å². The second kappa shape index (κ2) is 9.29. The normalized spacial score (nSPS) is 11.6. The summed E-state index contributed by atoms with van der Waals surface area (Å²) in [5.41, 5.74) is 5.91. The van der Waals surface area contributed by atoms with E-state index < -0.39 is 35.2 Å². The number of aromatic amines is 1. The number of hydrogen-bond donors (Lipinski definition) is 5. The molecule has 1 atom stereocenters. The fraction of sp³-hybridized carbons (Fsp3) is 0.250. The molecule has 2 heterocycles. The van der Waals surface area contributed by atoms with Gasteiger partial charge >= 0.3 is 5.69 Å². The van der Waals surface area contributed by atoms with E-state index in [2.05, 4.69) is 40.9 Å². The second-order valence-electron chi connectivity index (χ2n) is 6.28. The monoisotopic (exact) mass is 431 g/mol. The predicted octanol–water partition coefficient (Wildman–Crippen LogP) is -1.40. The van der Waals surface area contributed by atoms with E-state index in [1.165, 1.54) is 24.7 Å². The highest BCUT2D eigenvalue weighted by Crippen LogP contribution is 2.28. The highest BCUT2D eigenvalue weighted by atomic mass is 16.6. The van der Waals surface area contributed by atoms with Crippen molar-refractivity contribution in [1.82, 2.24) is 30.9 Å². The molecule has 31 heavy (non-hydrogen) atoms. The van der Waals surface area contributed by atoms with Crippen molar-refractivity contribution in [2.45, 2.75) is 12.5 Å². The van der Waals surface area contributed by atoms with Crippen molar-refractivity contribution in [2.75, 3.05) is 18.4 Å². The van der Waals surface area contributed by atoms with Gasteiger partial charge in [0.15, 0.2) is 5.52 Å². The number of nitrogens with two attached hydrogens (primary N) is 1. The SMILES string of the molecule is NC(=O)[C@H](Cc1cnc[nH]1)NC(=O)CNC(=O)CNc1ccc([N+](=O)[O-])c2nonc12. The van der Waals surface area contributed by atoms with Gasteiger partial charge in [0.1, 0.15) is 6.04 Å². The van der Waals surface area contributed by atoms with Crippen molar-refractivity contribution in [3.8, 4) is 0 Å². The molecule has 2 aromatic heterocycles. The largest absolute Gasteiger partial charge is 0.374 e. The number of fused-ring (bicyclic) bond motifs is 1. The number of anilines is 1. The number of rotatable bonds is 10. The van der Waals surface area contributed by atoms with Crippen LogP contribution in [0.4, 0.5) is 11.4 Å². The Bertz CT molecular complexity index is 1110. The fourth-order valence-electron chi connectivity index (χ4n) is 2.64. The number of benzene rings is 1. The Morgan fingerprint density at radius 3 is 2.65 bits per heavy atom. The number of aromatic nitrogens is 4. The van der Waals surface area contributed by atoms with Crippen LogP contribution in [0.15, 0.2) is 29.3 Å². The number of nitrogens with zero attached hydrogens (tertiary/aromatic N) is 4. The van der Waals surface area contributed by atoms with Crippen LogP contribution in [0.25, 0.3) is 11.0 Å². The van der Waals surface area contributed by atoms with Crippen molar-refractivity contribution in [2.24, 2.45) is 5.73 Å². The third kappa shape index (κ3) is 5.28. The number of H-pyrrole nitrogens is 1. The van der Waals surface area contributed by atoms with Gasteiger partial charge in [-0.2, -0.15) is 0 Å². The molecule has 3 rings (SSSR count). The number of non-ortho nitro benzene ring substituents is 1. The Hall–Kier alpha value is -4.56. The molecule has 0 aliphatic carbocycles. The minimum Gasteiger partial charge on any atom is -0.374 e. The van der Waals surface area contributed by atoms with Gasteiger partial charge in [-0.05, 0) is 16.4 Å². The molecule has 0 aliphatic rings. The summed E-state index contributed by atoms with van der Waals surface area (Å²) in [6.07, 6.45) is 3.05. The molecule has 3 aromatic rings. The first kappa shape index (κ1) is 21.2. The molecular weight excluding hydrogens is 414 g/mol. The molecule has 0 unspecified atom stereocenters. The molecule has 162 valence electrons. The van der Waals surface area contributed by atoms with Crippen molar-refractivity contribution in [1.29, 1.82) is 0 Å². The number of nitro groups is 1. The lowest BCUT2D eigenvalue weighted by Crippen LogP contribution is -2.49. The van der Waals surface area contributed by atoms with Crippen LogP contribution in [0.2, 0.25) is 0 Å². The summed E-state index contributed by atoms with van der Waals surface area (Å²) in [7, 11) is 0. The van der Waals surface area contributed by atoms with Crippen molar-refractivity contribution >= 4 is 40.1 Å². The number of imidazole rings is 1. The average Bonchev–Trinajstić information content (AvgIpc) is 3.41. The van der Waals surface area contributed by atoms with E-state index in [1.54, 1.807) is 0 Å². The van der Waals surface area contributed by atoms with Gasteiger partial charge in [0.25, 0.3) is 0 Å². The zero-order valence-corrected chi connectivity index (χ0v) is 15.8. The Morgan fingerprint density at radius 1 is 1.19 bits per heavy atom. The van der Waals surface area contributed by atoms with Crippen LogP contribution in [-0.4, -0.2) is 62.1 Å². The predicted molar refractivity (Wildman–Crippen MR) is 103 cm³/mol. The van der Waals surface area contributed by atoms with E-state index in [4.69, 9.17) is 5.73 Å². The topological polar surface area (TPSA) is 224 Å². The Labute approximate surface area is 172 Å². The molecule has 15 heteroatoms. The summed E-state index contributed by atoms with van der Waals surface area (Å²) in [6.45, 7) is -0.658. The first-order valence-corrected chi connectivity index (χ1v) is 8.81. The van der Waals surface area contributed by atoms with Crippen LogP contribution >= 0.6 is 0 Å². The van der Waals surface area contributed by atoms with Gasteiger partial charge in [-0.15, -0.1) is 0 Å². The third-order valence-corrected chi connectivity index (χ3v) is 4.13. The van der Waals surface area contributed by atoms with Gasteiger partial charge < -0.3 is 26.7 Å². The molecule has 0 fully saturated rings. The lowest BCUT2D eigenvalue weighted by atomic mass is 10.1. The number of primary amides is 1. The highest BCUT2D eigenvalue weighted by Gasteiger charge is 2.21. The number of carbonyl (C=O) groups excluding carboxylic acids is 3. The number of carbonyl (C=O) groups is 3. The number of nitro benzene ring substituents is 1. The van der Waals surface area contributed by atoms with Gasteiger partial charge in [0.05, 0.1) is 30.0 Å². The van der Waals surface area contributed by atoms with Crippen LogP contribution in [0.1, 0.15) is 5.69 Å². The fourth-order valence-corrected chi connectivity index (χ4v) is 2.64. The maximum absolute atomic E-state index is 12.0. The van der Waals surface area contributed by atoms with E-state index in [9.17, 15) is 24.5 Å². The van der Waals surface area contributed by atoms with Crippen molar-refractivity contribution in [3.63, 3.8) is 0 Å². The molecule has 0 aliphatic heterocycles. The molecule has 0 saturated carbocycles. The van der Waals surface area contributed by atoms with Crippen LogP contribution in [0.3, 0.4) is 0 Å². The van der Waals surface area contributed by atoms with Gasteiger partial charge in [0.2, 0.25) is 23.2 Å². The number of hydrogen-bond acceptors (Lipinski definition) is 10. The minimum absolute atomic E-state index is 0.0652. The lowest BCUT2D eigenvalue weighted by Gasteiger charge is -2.15. The van der Waals surface area contributed by atoms with Gasteiger partial charge in [-0.1, -0.05) is 0 Å². The van der Waals surface area contributed by atoms with Crippen LogP contribution < -0.4 is 21.7 Å². The van der Waals surface area contributed by atoms with E-state index >= 15 is 0 Å². The summed E-state index contributed by atoms with van der Waals surface area (Å²) >= 11 is 0. The smallest absolute Gasteiger partial charge is 0.300 e. The summed E-state index contributed by atoms with van der Waals surface area (Å²) < 4.78 is 4.53. The lowest BCUT2D eigenvalue weighted by molar-refractivity contribution is -0.383. The zero-order chi connectivity index (χ0) is 22.4. The average molecular weight is 431 g/mol. The standard InChI is InChI=1S/C16H17N9O6/c17-16(28)10(3-8-4-18-7-21-8)22-13(27)6-20-12(26)5-19-9-1-2-11(25(29)30)15-14(9)23-31-24-15/h1-2,4,7,10,19H,3,5-6H2,(H2,17,28)(H,18,21)(H,20,26)(H,22,27)/t10-/m0/s1. The van der Waals surface area contributed by atoms with Gasteiger partial charge in [0, 0.05) is 24.4 Å². The van der Waals surface area contributed by atoms with E-state index in [-0.39, 0.29) is 35.4 Å². The molecule has 15 nitrogen and oxygen atoms in total. The molecule has 0 spiro atoms. The molecule has 1 aromatic carbocycles. The molecule has 0 bridgehead atoms. The summed E-state index contributed by atoms with van der Waals surface area (Å²) in [5.74, 6) is -1.91. The molecule has 3 amide bonds. The van der Waals surface area contributed by atoms with Crippen molar-refractivity contribution < 1.29 is 23.9 Å². The van der Waals surface area contributed by atoms with Gasteiger partial charge in [-0.25, -0.2) is 9.61 Å². The quantitative estimate of drug-likeness (QED) is 0.186. The third-order valence-electron chi connectivity index (χ3n) is 4.13. The van der Waals surface area contributed by atoms with E-state index in [0.717, 1.165) is 0 Å². The van der Waals surface area contributed by atoms with Crippen molar-refractivity contribution in [3.05, 3.63) is 40.5 Å². The molecule has 0 saturated heterocycles. The summed E-state index contributed by atoms with van der Waals surface area (Å²) in [4.78, 5) is 52.5. The Kier molecular flexibility index (Phi) is 6.34. The van der Waals surface area contributed by atoms with Crippen LogP contribution in [0.5, 0.6) is 0 Å². The maximum Gasteiger partial charge on any atom is 0.300 e. The maximum atomic E-state index is 12.0. The Morgan fingerprint density at radius 2 is 1.97 bits per heavy atom. The summed E-state index contributed by atoms with van der Waals surface area (Å²) in [5, 5.41) is 25.6. The highest BCUT2D eigenvalue weighted by molar-refractivity contribution is 5.95. The second-order valence-corrected chi connectivity index (χ2v) is 6.28. The Balaban J connectivity index is 1.50. The zero-order valence-electron chi connectivity index (χ0n) is 15.8. The van der Waals surface area contributed by atoms with Gasteiger partial charge in [-0.3, -0.25) is 24.5 Å². The first-order chi connectivity index (χ1) is 14.8. The summed E-state index contributed by atoms with van der Waals surface area (Å²) in [6, 6.07) is 1.58. The number of nitrogens with one attached hydrogen (secondary N) is 4. The molecule has 6 N–H and O–H groups in total. The van der Waals surface area contributed by atoms with Crippen LogP contribution in [-0.2, 0) is 20.8 Å². The first-order valence-electron chi connectivity index (χ1n) is 8.81.